The predicted molar refractivity (Wildman–Crippen MR) is 99.1 cm³/mol. The molecular weight excluding hydrogens is 350 g/mol. The lowest BCUT2D eigenvalue weighted by Gasteiger charge is -2.03. The number of aromatic nitrogens is 2. The smallest absolute Gasteiger partial charge is 0.246 e. The average Bonchev–Trinajstić information content (AvgIpc) is 3.11. The summed E-state index contributed by atoms with van der Waals surface area (Å²) in [5.41, 5.74) is 4.04. The molecular formula is C20H16ClN3O2. The molecule has 6 heteroatoms. The molecule has 1 atom stereocenters. The lowest BCUT2D eigenvalue weighted by molar-refractivity contribution is -0.121. The fourth-order valence-corrected chi connectivity index (χ4v) is 3.20. The Morgan fingerprint density at radius 1 is 1.15 bits per heavy atom. The molecule has 0 fully saturated rings. The van der Waals surface area contributed by atoms with Gasteiger partial charge in [0.2, 0.25) is 17.6 Å². The average molecular weight is 366 g/mol. The third-order valence-electron chi connectivity index (χ3n) is 4.37. The molecule has 1 aliphatic carbocycles. The molecule has 3 aromatic rings. The van der Waals surface area contributed by atoms with Gasteiger partial charge in [-0.1, -0.05) is 64.8 Å². The molecule has 1 amide bonds. The summed E-state index contributed by atoms with van der Waals surface area (Å²) in [4.78, 5) is 16.7. The molecule has 0 radical (unpaired) electrons. The van der Waals surface area contributed by atoms with E-state index < -0.39 is 0 Å². The number of nitrogens with zero attached hydrogens (tertiary/aromatic N) is 2. The second kappa shape index (κ2) is 6.77. The SMILES string of the molecule is CC1=C(c2ccccc2)C1C(=O)NCc1nc(-c2cccc(Cl)c2)no1. The highest BCUT2D eigenvalue weighted by Gasteiger charge is 2.39. The summed E-state index contributed by atoms with van der Waals surface area (Å²) in [7, 11) is 0. The maximum atomic E-state index is 12.4. The Bertz CT molecular complexity index is 995. The monoisotopic (exact) mass is 365 g/mol. The Balaban J connectivity index is 1.38. The minimum atomic E-state index is -0.173. The minimum Gasteiger partial charge on any atom is -0.346 e. The quantitative estimate of drug-likeness (QED) is 0.738. The van der Waals surface area contributed by atoms with Crippen LogP contribution in [-0.2, 0) is 11.3 Å². The molecule has 1 aliphatic rings. The Kier molecular flexibility index (Phi) is 4.31. The molecule has 1 aromatic heterocycles. The third kappa shape index (κ3) is 3.26. The Hall–Kier alpha value is -2.92. The van der Waals surface area contributed by atoms with Crippen molar-refractivity contribution < 1.29 is 9.32 Å². The second-order valence-corrected chi connectivity index (χ2v) is 6.57. The molecule has 2 aromatic carbocycles. The highest BCUT2D eigenvalue weighted by Crippen LogP contribution is 2.46. The maximum absolute atomic E-state index is 12.4. The van der Waals surface area contributed by atoms with Crippen LogP contribution in [-0.4, -0.2) is 16.0 Å². The number of benzene rings is 2. The molecule has 26 heavy (non-hydrogen) atoms. The minimum absolute atomic E-state index is 0.0520. The first-order valence-corrected chi connectivity index (χ1v) is 8.63. The van der Waals surface area contributed by atoms with Crippen molar-refractivity contribution in [2.24, 2.45) is 5.92 Å². The molecule has 0 spiro atoms. The van der Waals surface area contributed by atoms with Crippen LogP contribution in [0.1, 0.15) is 18.4 Å². The highest BCUT2D eigenvalue weighted by atomic mass is 35.5. The van der Waals surface area contributed by atoms with Crippen LogP contribution >= 0.6 is 11.6 Å². The summed E-state index contributed by atoms with van der Waals surface area (Å²) in [5, 5.41) is 7.40. The first-order chi connectivity index (χ1) is 12.6. The van der Waals surface area contributed by atoms with Gasteiger partial charge in [-0.05, 0) is 30.2 Å². The fourth-order valence-electron chi connectivity index (χ4n) is 3.01. The zero-order chi connectivity index (χ0) is 18.1. The van der Waals surface area contributed by atoms with Gasteiger partial charge in [0.1, 0.15) is 0 Å². The van der Waals surface area contributed by atoms with Gasteiger partial charge in [-0.3, -0.25) is 4.79 Å². The van der Waals surface area contributed by atoms with Gasteiger partial charge in [0, 0.05) is 10.6 Å². The number of amides is 1. The van der Waals surface area contributed by atoms with Crippen molar-refractivity contribution in [1.82, 2.24) is 15.5 Å². The molecule has 130 valence electrons. The topological polar surface area (TPSA) is 68.0 Å². The molecule has 0 saturated heterocycles. The van der Waals surface area contributed by atoms with E-state index in [9.17, 15) is 4.79 Å². The first kappa shape index (κ1) is 16.5. The highest BCUT2D eigenvalue weighted by molar-refractivity contribution is 6.30. The number of carbonyl (C=O) groups is 1. The fraction of sp³-hybridized carbons (Fsp3) is 0.150. The first-order valence-electron chi connectivity index (χ1n) is 8.26. The van der Waals surface area contributed by atoms with E-state index in [4.69, 9.17) is 16.1 Å². The summed E-state index contributed by atoms with van der Waals surface area (Å²) in [6, 6.07) is 17.1. The molecule has 0 bridgehead atoms. The lowest BCUT2D eigenvalue weighted by Crippen LogP contribution is -2.26. The standard InChI is InChI=1S/C20H16ClN3O2/c1-12-17(13-6-3-2-4-7-13)18(12)20(25)22-11-16-23-19(24-26-16)14-8-5-9-15(21)10-14/h2-10,18H,11H2,1H3,(H,22,25). The largest absolute Gasteiger partial charge is 0.346 e. The Morgan fingerprint density at radius 3 is 2.69 bits per heavy atom. The zero-order valence-corrected chi connectivity index (χ0v) is 14.8. The Labute approximate surface area is 155 Å². The van der Waals surface area contributed by atoms with Crippen LogP contribution in [0.15, 0.2) is 64.7 Å². The number of nitrogens with one attached hydrogen (secondary N) is 1. The van der Waals surface area contributed by atoms with Gasteiger partial charge >= 0.3 is 0 Å². The van der Waals surface area contributed by atoms with Gasteiger partial charge < -0.3 is 9.84 Å². The van der Waals surface area contributed by atoms with Gasteiger partial charge in [-0.2, -0.15) is 4.98 Å². The van der Waals surface area contributed by atoms with E-state index in [1.54, 1.807) is 12.1 Å². The van der Waals surface area contributed by atoms with Gasteiger partial charge in [0.15, 0.2) is 0 Å². The normalized spacial score (nSPS) is 15.8. The number of rotatable bonds is 5. The zero-order valence-electron chi connectivity index (χ0n) is 14.1. The van der Waals surface area contributed by atoms with Gasteiger partial charge in [-0.25, -0.2) is 0 Å². The van der Waals surface area contributed by atoms with E-state index in [-0.39, 0.29) is 18.4 Å². The summed E-state index contributed by atoms with van der Waals surface area (Å²) < 4.78 is 5.22. The van der Waals surface area contributed by atoms with Gasteiger partial charge in [0.25, 0.3) is 0 Å². The van der Waals surface area contributed by atoms with Crippen LogP contribution in [0.3, 0.4) is 0 Å². The van der Waals surface area contributed by atoms with Crippen molar-refractivity contribution in [2.45, 2.75) is 13.5 Å². The maximum Gasteiger partial charge on any atom is 0.246 e. The van der Waals surface area contributed by atoms with E-state index in [1.165, 1.54) is 0 Å². The van der Waals surface area contributed by atoms with E-state index >= 15 is 0 Å². The molecule has 1 unspecified atom stereocenters. The van der Waals surface area contributed by atoms with Crippen molar-refractivity contribution in [2.75, 3.05) is 0 Å². The lowest BCUT2D eigenvalue weighted by atomic mass is 10.1. The Morgan fingerprint density at radius 2 is 1.92 bits per heavy atom. The van der Waals surface area contributed by atoms with Crippen molar-refractivity contribution >= 4 is 23.1 Å². The molecule has 5 nitrogen and oxygen atoms in total. The van der Waals surface area contributed by atoms with E-state index in [0.29, 0.717) is 16.7 Å². The number of hydrogen-bond acceptors (Lipinski definition) is 4. The number of hydrogen-bond donors (Lipinski definition) is 1. The summed E-state index contributed by atoms with van der Waals surface area (Å²) in [5.74, 6) is 0.576. The van der Waals surface area contributed by atoms with Crippen molar-refractivity contribution in [1.29, 1.82) is 0 Å². The van der Waals surface area contributed by atoms with Crippen molar-refractivity contribution in [3.05, 3.63) is 76.6 Å². The molecule has 4 rings (SSSR count). The van der Waals surface area contributed by atoms with Crippen LogP contribution in [0.4, 0.5) is 0 Å². The van der Waals surface area contributed by atoms with E-state index in [1.807, 2.05) is 49.4 Å². The summed E-state index contributed by atoms with van der Waals surface area (Å²) >= 11 is 5.98. The van der Waals surface area contributed by atoms with Crippen LogP contribution < -0.4 is 5.32 Å². The van der Waals surface area contributed by atoms with Crippen molar-refractivity contribution in [3.8, 4) is 11.4 Å². The van der Waals surface area contributed by atoms with E-state index in [0.717, 1.165) is 22.3 Å². The molecule has 0 aliphatic heterocycles. The van der Waals surface area contributed by atoms with Crippen LogP contribution in [0.5, 0.6) is 0 Å². The molecule has 0 saturated carbocycles. The van der Waals surface area contributed by atoms with Gasteiger partial charge in [-0.15, -0.1) is 0 Å². The van der Waals surface area contributed by atoms with E-state index in [2.05, 4.69) is 15.5 Å². The van der Waals surface area contributed by atoms with Crippen molar-refractivity contribution in [3.63, 3.8) is 0 Å². The molecule has 1 heterocycles. The number of carbonyl (C=O) groups excluding carboxylic acids is 1. The number of halogens is 1. The van der Waals surface area contributed by atoms with Crippen LogP contribution in [0.25, 0.3) is 17.0 Å². The second-order valence-electron chi connectivity index (χ2n) is 6.14. The van der Waals surface area contributed by atoms with Crippen LogP contribution in [0.2, 0.25) is 5.02 Å². The van der Waals surface area contributed by atoms with Crippen LogP contribution in [0, 0.1) is 5.92 Å². The predicted octanol–water partition coefficient (Wildman–Crippen LogP) is 4.11. The third-order valence-corrected chi connectivity index (χ3v) is 4.61. The summed E-state index contributed by atoms with van der Waals surface area (Å²) in [6.45, 7) is 2.18. The van der Waals surface area contributed by atoms with Gasteiger partial charge in [0.05, 0.1) is 12.5 Å². The molecule has 1 N–H and O–H groups in total. The summed E-state index contributed by atoms with van der Waals surface area (Å²) in [6.07, 6.45) is 0.